The van der Waals surface area contributed by atoms with Gasteiger partial charge in [-0.25, -0.2) is 9.97 Å². The standard InChI is InChI=1S/C22H29N5O3S/c1-11(2)24-17-8-12(3)14(10-23-17)19-18(22(30)27-7-5-6-13(27)4)26-21(31-19)20(29)25-15-9-16(15)28/h8,10-11,13,15-16,28H,5-7,9H2,1-4H3,(H,23,24)(H,25,29)/t13-,15-,16-/m0/s1. The van der Waals surface area contributed by atoms with Crippen molar-refractivity contribution in [3.8, 4) is 10.4 Å². The van der Waals surface area contributed by atoms with Crippen molar-refractivity contribution >= 4 is 29.0 Å². The molecule has 1 aliphatic heterocycles. The Morgan fingerprint density at radius 1 is 1.35 bits per heavy atom. The fourth-order valence-corrected chi connectivity index (χ4v) is 4.89. The number of aryl methyl sites for hydroxylation is 1. The predicted molar refractivity (Wildman–Crippen MR) is 120 cm³/mol. The Bertz CT molecular complexity index is 1010. The number of nitrogens with zero attached hydrogens (tertiary/aromatic N) is 3. The summed E-state index contributed by atoms with van der Waals surface area (Å²) in [6.45, 7) is 8.79. The van der Waals surface area contributed by atoms with Gasteiger partial charge in [0.1, 0.15) is 11.5 Å². The molecule has 4 rings (SSSR count). The zero-order valence-electron chi connectivity index (χ0n) is 18.3. The van der Waals surface area contributed by atoms with Crippen molar-refractivity contribution in [2.24, 2.45) is 0 Å². The lowest BCUT2D eigenvalue weighted by Gasteiger charge is -2.21. The molecule has 3 heterocycles. The topological polar surface area (TPSA) is 107 Å². The van der Waals surface area contributed by atoms with Crippen molar-refractivity contribution in [2.75, 3.05) is 11.9 Å². The number of carbonyl (C=O) groups is 2. The number of hydrogen-bond donors (Lipinski definition) is 3. The molecule has 0 aromatic carbocycles. The second-order valence-electron chi connectivity index (χ2n) is 8.75. The molecular weight excluding hydrogens is 414 g/mol. The lowest BCUT2D eigenvalue weighted by atomic mass is 10.1. The molecule has 2 amide bonds. The van der Waals surface area contributed by atoms with Gasteiger partial charge in [0, 0.05) is 30.4 Å². The van der Waals surface area contributed by atoms with E-state index in [1.54, 1.807) is 6.20 Å². The van der Waals surface area contributed by atoms with E-state index in [2.05, 4.69) is 20.6 Å². The van der Waals surface area contributed by atoms with Crippen LogP contribution in [0.3, 0.4) is 0 Å². The number of likely N-dealkylation sites (tertiary alicyclic amines) is 1. The third-order valence-electron chi connectivity index (χ3n) is 5.70. The predicted octanol–water partition coefficient (Wildman–Crippen LogP) is 2.82. The number of carbonyl (C=O) groups excluding carboxylic acids is 2. The first-order valence-electron chi connectivity index (χ1n) is 10.8. The average molecular weight is 444 g/mol. The molecule has 0 unspecified atom stereocenters. The lowest BCUT2D eigenvalue weighted by Crippen LogP contribution is -2.34. The zero-order chi connectivity index (χ0) is 22.3. The summed E-state index contributed by atoms with van der Waals surface area (Å²) < 4.78 is 0. The summed E-state index contributed by atoms with van der Waals surface area (Å²) in [4.78, 5) is 37.5. The third kappa shape index (κ3) is 4.57. The van der Waals surface area contributed by atoms with Crippen LogP contribution in [0.15, 0.2) is 12.3 Å². The Kier molecular flexibility index (Phi) is 5.98. The number of rotatable bonds is 6. The first kappa shape index (κ1) is 21.7. The number of hydrogen-bond acceptors (Lipinski definition) is 7. The minimum Gasteiger partial charge on any atom is -0.391 e. The van der Waals surface area contributed by atoms with Gasteiger partial charge in [-0.3, -0.25) is 9.59 Å². The SMILES string of the molecule is Cc1cc(NC(C)C)ncc1-c1sc(C(=O)N[C@H]2C[C@@H]2O)nc1C(=O)N1CCC[C@@H]1C. The first-order valence-corrected chi connectivity index (χ1v) is 11.6. The minimum atomic E-state index is -0.498. The van der Waals surface area contributed by atoms with Crippen LogP contribution in [0.2, 0.25) is 0 Å². The summed E-state index contributed by atoms with van der Waals surface area (Å²) in [5, 5.41) is 15.8. The van der Waals surface area contributed by atoms with Gasteiger partial charge in [-0.2, -0.15) is 0 Å². The second-order valence-corrected chi connectivity index (χ2v) is 9.75. The zero-order valence-corrected chi connectivity index (χ0v) is 19.1. The van der Waals surface area contributed by atoms with E-state index in [-0.39, 0.29) is 34.9 Å². The van der Waals surface area contributed by atoms with Crippen molar-refractivity contribution in [2.45, 2.75) is 71.2 Å². The van der Waals surface area contributed by atoms with Gasteiger partial charge in [0.2, 0.25) is 0 Å². The van der Waals surface area contributed by atoms with E-state index >= 15 is 0 Å². The molecule has 1 saturated heterocycles. The average Bonchev–Trinajstić information content (AvgIpc) is 3.08. The number of aliphatic hydroxyl groups is 1. The molecule has 3 atom stereocenters. The first-order chi connectivity index (χ1) is 14.7. The molecule has 1 saturated carbocycles. The van der Waals surface area contributed by atoms with Gasteiger partial charge in [-0.15, -0.1) is 11.3 Å². The van der Waals surface area contributed by atoms with E-state index in [4.69, 9.17) is 0 Å². The Balaban J connectivity index is 1.71. The van der Waals surface area contributed by atoms with Crippen molar-refractivity contribution < 1.29 is 14.7 Å². The molecule has 8 nitrogen and oxygen atoms in total. The number of nitrogens with one attached hydrogen (secondary N) is 2. The molecule has 0 spiro atoms. The van der Waals surface area contributed by atoms with Gasteiger partial charge >= 0.3 is 0 Å². The minimum absolute atomic E-state index is 0.148. The Morgan fingerprint density at radius 3 is 2.68 bits per heavy atom. The van der Waals surface area contributed by atoms with Crippen LogP contribution >= 0.6 is 11.3 Å². The monoisotopic (exact) mass is 443 g/mol. The normalized spacial score (nSPS) is 22.6. The van der Waals surface area contributed by atoms with E-state index in [0.717, 1.165) is 29.8 Å². The summed E-state index contributed by atoms with van der Waals surface area (Å²) in [7, 11) is 0. The largest absolute Gasteiger partial charge is 0.391 e. The van der Waals surface area contributed by atoms with Crippen molar-refractivity contribution in [1.29, 1.82) is 0 Å². The van der Waals surface area contributed by atoms with Crippen LogP contribution in [0.5, 0.6) is 0 Å². The van der Waals surface area contributed by atoms with Crippen LogP contribution in [-0.4, -0.2) is 62.6 Å². The third-order valence-corrected chi connectivity index (χ3v) is 6.79. The van der Waals surface area contributed by atoms with E-state index in [1.165, 1.54) is 11.3 Å². The quantitative estimate of drug-likeness (QED) is 0.634. The highest BCUT2D eigenvalue weighted by molar-refractivity contribution is 7.17. The van der Waals surface area contributed by atoms with Crippen molar-refractivity contribution in [3.05, 3.63) is 28.5 Å². The molecule has 9 heteroatoms. The maximum Gasteiger partial charge on any atom is 0.280 e. The Labute approximate surface area is 186 Å². The number of pyridine rings is 1. The van der Waals surface area contributed by atoms with Gasteiger partial charge < -0.3 is 20.6 Å². The molecule has 2 fully saturated rings. The highest BCUT2D eigenvalue weighted by Crippen LogP contribution is 2.35. The Hall–Kier alpha value is -2.52. The number of amides is 2. The van der Waals surface area contributed by atoms with E-state index in [0.29, 0.717) is 23.5 Å². The van der Waals surface area contributed by atoms with Crippen LogP contribution in [0.25, 0.3) is 10.4 Å². The van der Waals surface area contributed by atoms with Gasteiger partial charge in [0.25, 0.3) is 11.8 Å². The van der Waals surface area contributed by atoms with Crippen LogP contribution in [0.4, 0.5) is 5.82 Å². The number of thiazole rings is 1. The van der Waals surface area contributed by atoms with E-state index in [9.17, 15) is 14.7 Å². The summed E-state index contributed by atoms with van der Waals surface area (Å²) in [5.74, 6) is 0.262. The molecule has 0 bridgehead atoms. The van der Waals surface area contributed by atoms with Crippen LogP contribution < -0.4 is 10.6 Å². The van der Waals surface area contributed by atoms with Gasteiger partial charge in [-0.05, 0) is 58.6 Å². The smallest absolute Gasteiger partial charge is 0.280 e. The second kappa shape index (κ2) is 8.55. The van der Waals surface area contributed by atoms with Crippen LogP contribution in [-0.2, 0) is 0 Å². The summed E-state index contributed by atoms with van der Waals surface area (Å²) in [5.41, 5.74) is 2.05. The van der Waals surface area contributed by atoms with E-state index in [1.807, 2.05) is 38.7 Å². The number of anilines is 1. The van der Waals surface area contributed by atoms with Crippen LogP contribution in [0.1, 0.15) is 65.9 Å². The van der Waals surface area contributed by atoms with E-state index < -0.39 is 6.10 Å². The molecule has 2 aromatic heterocycles. The van der Waals surface area contributed by atoms with Crippen molar-refractivity contribution in [3.63, 3.8) is 0 Å². The summed E-state index contributed by atoms with van der Waals surface area (Å²) >= 11 is 1.20. The Morgan fingerprint density at radius 2 is 2.10 bits per heavy atom. The summed E-state index contributed by atoms with van der Waals surface area (Å²) in [6.07, 6.45) is 3.73. The molecule has 2 aliphatic rings. The molecule has 0 radical (unpaired) electrons. The highest BCUT2D eigenvalue weighted by Gasteiger charge is 2.38. The van der Waals surface area contributed by atoms with Gasteiger partial charge in [-0.1, -0.05) is 0 Å². The van der Waals surface area contributed by atoms with Gasteiger partial charge in [0.15, 0.2) is 5.01 Å². The highest BCUT2D eigenvalue weighted by atomic mass is 32.1. The molecule has 3 N–H and O–H groups in total. The molecule has 1 aliphatic carbocycles. The number of aromatic nitrogens is 2. The molecule has 166 valence electrons. The fourth-order valence-electron chi connectivity index (χ4n) is 3.85. The van der Waals surface area contributed by atoms with Gasteiger partial charge in [0.05, 0.1) is 17.0 Å². The van der Waals surface area contributed by atoms with Crippen molar-refractivity contribution in [1.82, 2.24) is 20.2 Å². The molecule has 2 aromatic rings. The summed E-state index contributed by atoms with van der Waals surface area (Å²) in [6, 6.07) is 2.12. The maximum absolute atomic E-state index is 13.4. The number of aliphatic hydroxyl groups excluding tert-OH is 1. The maximum atomic E-state index is 13.4. The molecule has 31 heavy (non-hydrogen) atoms. The molecular formula is C22H29N5O3S. The fraction of sp³-hybridized carbons (Fsp3) is 0.545. The van der Waals surface area contributed by atoms with Crippen LogP contribution in [0, 0.1) is 6.92 Å². The lowest BCUT2D eigenvalue weighted by molar-refractivity contribution is 0.0743.